The highest BCUT2D eigenvalue weighted by atomic mass is 16.3. The van der Waals surface area contributed by atoms with E-state index >= 15 is 0 Å². The van der Waals surface area contributed by atoms with Gasteiger partial charge in [0.05, 0.1) is 12.9 Å². The first-order chi connectivity index (χ1) is 8.22. The topological polar surface area (TPSA) is 53.7 Å². The number of benzene rings is 1. The third-order valence-corrected chi connectivity index (χ3v) is 2.72. The number of rotatable bonds is 4. The average Bonchev–Trinajstić information content (AvgIpc) is 2.73. The third-order valence-electron chi connectivity index (χ3n) is 2.72. The van der Waals surface area contributed by atoms with Crippen LogP contribution in [0.3, 0.4) is 0 Å². The highest BCUT2D eigenvalue weighted by molar-refractivity contribution is 5.82. The molecule has 1 heterocycles. The molecular formula is C13H15NO3. The predicted octanol–water partition coefficient (Wildman–Crippen LogP) is 1.77. The lowest BCUT2D eigenvalue weighted by Gasteiger charge is -2.15. The molecule has 0 fully saturated rings. The quantitative estimate of drug-likeness (QED) is 0.875. The number of furan rings is 1. The molecule has 0 saturated heterocycles. The minimum Gasteiger partial charge on any atom is -0.464 e. The summed E-state index contributed by atoms with van der Waals surface area (Å²) >= 11 is 0. The van der Waals surface area contributed by atoms with Gasteiger partial charge in [0.15, 0.2) is 0 Å². The van der Waals surface area contributed by atoms with Gasteiger partial charge in [-0.15, -0.1) is 0 Å². The number of aliphatic hydroxyl groups excluding tert-OH is 1. The maximum atomic E-state index is 11.5. The molecule has 90 valence electrons. The van der Waals surface area contributed by atoms with Crippen molar-refractivity contribution in [1.82, 2.24) is 4.90 Å². The monoisotopic (exact) mass is 233 g/mol. The molecule has 17 heavy (non-hydrogen) atoms. The van der Waals surface area contributed by atoms with Crippen molar-refractivity contribution < 1.29 is 14.3 Å². The fourth-order valence-electron chi connectivity index (χ4n) is 1.79. The largest absolute Gasteiger partial charge is 0.464 e. The Morgan fingerprint density at radius 3 is 2.94 bits per heavy atom. The fourth-order valence-corrected chi connectivity index (χ4v) is 1.79. The summed E-state index contributed by atoms with van der Waals surface area (Å²) in [6, 6.07) is 7.72. The van der Waals surface area contributed by atoms with Crippen LogP contribution < -0.4 is 0 Å². The predicted molar refractivity (Wildman–Crippen MR) is 64.4 cm³/mol. The highest BCUT2D eigenvalue weighted by Crippen LogP contribution is 2.21. The molecular weight excluding hydrogens is 218 g/mol. The molecule has 2 aromatic rings. The van der Waals surface area contributed by atoms with Crippen molar-refractivity contribution in [2.24, 2.45) is 0 Å². The van der Waals surface area contributed by atoms with Gasteiger partial charge in [-0.05, 0) is 6.07 Å². The molecule has 4 heteroatoms. The van der Waals surface area contributed by atoms with Gasteiger partial charge in [0.25, 0.3) is 0 Å². The number of amides is 1. The van der Waals surface area contributed by atoms with Gasteiger partial charge in [0.2, 0.25) is 5.91 Å². The Labute approximate surface area is 99.4 Å². The van der Waals surface area contributed by atoms with Gasteiger partial charge < -0.3 is 14.4 Å². The van der Waals surface area contributed by atoms with E-state index in [1.54, 1.807) is 18.2 Å². The molecule has 0 aliphatic carbocycles. The zero-order valence-electron chi connectivity index (χ0n) is 9.72. The maximum Gasteiger partial charge on any atom is 0.224 e. The van der Waals surface area contributed by atoms with Crippen molar-refractivity contribution in [2.45, 2.75) is 13.0 Å². The van der Waals surface area contributed by atoms with E-state index in [4.69, 9.17) is 9.52 Å². The molecule has 1 aromatic carbocycles. The molecule has 0 spiro atoms. The molecule has 4 nitrogen and oxygen atoms in total. The van der Waals surface area contributed by atoms with Gasteiger partial charge in [0.1, 0.15) is 5.58 Å². The van der Waals surface area contributed by atoms with Crippen LogP contribution in [-0.2, 0) is 11.3 Å². The minimum atomic E-state index is -0.116. The molecule has 0 aliphatic rings. The first-order valence-electron chi connectivity index (χ1n) is 5.52. The third kappa shape index (κ3) is 2.47. The first kappa shape index (κ1) is 11.7. The molecule has 1 aromatic heterocycles. The van der Waals surface area contributed by atoms with E-state index in [1.165, 1.54) is 0 Å². The Hall–Kier alpha value is -1.81. The molecule has 1 N–H and O–H groups in total. The number of hydrogen-bond acceptors (Lipinski definition) is 3. The lowest BCUT2D eigenvalue weighted by molar-refractivity contribution is -0.131. The van der Waals surface area contributed by atoms with Gasteiger partial charge in [-0.1, -0.05) is 18.2 Å². The van der Waals surface area contributed by atoms with Crippen LogP contribution >= 0.6 is 0 Å². The second-order valence-electron chi connectivity index (χ2n) is 3.98. The zero-order chi connectivity index (χ0) is 12.3. The Kier molecular flexibility index (Phi) is 3.44. The second kappa shape index (κ2) is 5.01. The summed E-state index contributed by atoms with van der Waals surface area (Å²) in [4.78, 5) is 13.1. The molecule has 0 saturated carbocycles. The molecule has 0 aliphatic heterocycles. The van der Waals surface area contributed by atoms with Crippen LogP contribution in [0, 0.1) is 0 Å². The molecule has 0 atom stereocenters. The van der Waals surface area contributed by atoms with Crippen LogP contribution in [0.4, 0.5) is 0 Å². The molecule has 0 unspecified atom stereocenters. The van der Waals surface area contributed by atoms with Gasteiger partial charge in [-0.2, -0.15) is 0 Å². The van der Waals surface area contributed by atoms with Gasteiger partial charge >= 0.3 is 0 Å². The van der Waals surface area contributed by atoms with Crippen molar-refractivity contribution in [3.8, 4) is 0 Å². The van der Waals surface area contributed by atoms with E-state index in [2.05, 4.69) is 0 Å². The summed E-state index contributed by atoms with van der Waals surface area (Å²) in [5.74, 6) is -0.0715. The number of fused-ring (bicyclic) bond motifs is 1. The number of para-hydroxylation sites is 1. The zero-order valence-corrected chi connectivity index (χ0v) is 9.72. The Balaban J connectivity index is 2.16. The molecule has 2 rings (SSSR count). The number of carbonyl (C=O) groups excluding carboxylic acids is 1. The minimum absolute atomic E-state index is 0.0715. The summed E-state index contributed by atoms with van der Waals surface area (Å²) < 4.78 is 5.40. The second-order valence-corrected chi connectivity index (χ2v) is 3.98. The van der Waals surface area contributed by atoms with Crippen LogP contribution in [0.15, 0.2) is 34.9 Å². The molecule has 1 amide bonds. The normalized spacial score (nSPS) is 10.7. The van der Waals surface area contributed by atoms with Crippen molar-refractivity contribution in [1.29, 1.82) is 0 Å². The van der Waals surface area contributed by atoms with E-state index in [-0.39, 0.29) is 18.9 Å². The lowest BCUT2D eigenvalue weighted by Crippen LogP contribution is -2.26. The van der Waals surface area contributed by atoms with Gasteiger partial charge in [-0.3, -0.25) is 4.79 Å². The van der Waals surface area contributed by atoms with E-state index in [9.17, 15) is 4.79 Å². The maximum absolute atomic E-state index is 11.5. The fraction of sp³-hybridized carbons (Fsp3) is 0.308. The van der Waals surface area contributed by atoms with Crippen molar-refractivity contribution in [2.75, 3.05) is 13.7 Å². The summed E-state index contributed by atoms with van der Waals surface area (Å²) in [7, 11) is 1.72. The van der Waals surface area contributed by atoms with E-state index in [0.717, 1.165) is 16.5 Å². The van der Waals surface area contributed by atoms with Crippen molar-refractivity contribution in [3.63, 3.8) is 0 Å². The Morgan fingerprint density at radius 1 is 1.41 bits per heavy atom. The number of aliphatic hydroxyl groups is 1. The van der Waals surface area contributed by atoms with Crippen LogP contribution in [0.1, 0.15) is 12.0 Å². The van der Waals surface area contributed by atoms with E-state index in [1.807, 2.05) is 24.3 Å². The summed E-state index contributed by atoms with van der Waals surface area (Å²) in [5, 5.41) is 9.74. The van der Waals surface area contributed by atoms with Crippen molar-refractivity contribution >= 4 is 16.9 Å². The summed E-state index contributed by atoms with van der Waals surface area (Å²) in [6.07, 6.45) is 1.83. The summed E-state index contributed by atoms with van der Waals surface area (Å²) in [6.45, 7) is 0.380. The van der Waals surface area contributed by atoms with Crippen LogP contribution in [-0.4, -0.2) is 29.6 Å². The van der Waals surface area contributed by atoms with Crippen LogP contribution in [0.5, 0.6) is 0 Å². The number of hydrogen-bond donors (Lipinski definition) is 1. The molecule has 0 bridgehead atoms. The van der Waals surface area contributed by atoms with E-state index in [0.29, 0.717) is 6.54 Å². The SMILES string of the molecule is CN(Cc1coc2ccccc12)C(=O)CCO. The first-order valence-corrected chi connectivity index (χ1v) is 5.52. The lowest BCUT2D eigenvalue weighted by atomic mass is 10.1. The average molecular weight is 233 g/mol. The Morgan fingerprint density at radius 2 is 2.18 bits per heavy atom. The Bertz CT molecular complexity index is 518. The van der Waals surface area contributed by atoms with Gasteiger partial charge in [0, 0.05) is 31.0 Å². The van der Waals surface area contributed by atoms with Gasteiger partial charge in [-0.25, -0.2) is 0 Å². The van der Waals surface area contributed by atoms with Crippen LogP contribution in [0.2, 0.25) is 0 Å². The van der Waals surface area contributed by atoms with Crippen molar-refractivity contribution in [3.05, 3.63) is 36.1 Å². The number of carbonyl (C=O) groups is 1. The smallest absolute Gasteiger partial charge is 0.224 e. The number of nitrogens with zero attached hydrogens (tertiary/aromatic N) is 1. The molecule has 0 radical (unpaired) electrons. The van der Waals surface area contributed by atoms with E-state index < -0.39 is 0 Å². The van der Waals surface area contributed by atoms with Crippen LogP contribution in [0.25, 0.3) is 11.0 Å². The standard InChI is InChI=1S/C13H15NO3/c1-14(13(16)6-7-15)8-10-9-17-12-5-3-2-4-11(10)12/h2-5,9,15H,6-8H2,1H3. The highest BCUT2D eigenvalue weighted by Gasteiger charge is 2.11. The summed E-state index contributed by atoms with van der Waals surface area (Å²) in [5.41, 5.74) is 1.81.